The minimum atomic E-state index is -4.36. The molecule has 11 heteroatoms. The fourth-order valence-corrected chi connectivity index (χ4v) is 2.15. The van der Waals surface area contributed by atoms with E-state index in [-0.39, 0.29) is 0 Å². The van der Waals surface area contributed by atoms with E-state index in [0.29, 0.717) is 0 Å². The maximum absolute atomic E-state index is 10.7. The van der Waals surface area contributed by atoms with Gasteiger partial charge >= 0.3 is 15.2 Å². The van der Waals surface area contributed by atoms with Gasteiger partial charge in [-0.2, -0.15) is 0 Å². The molecule has 0 radical (unpaired) electrons. The van der Waals surface area contributed by atoms with Crippen LogP contribution < -0.4 is 0 Å². The Kier molecular flexibility index (Phi) is 7.01. The van der Waals surface area contributed by atoms with Gasteiger partial charge in [0.2, 0.25) is 0 Å². The molecule has 0 amide bonds. The van der Waals surface area contributed by atoms with Gasteiger partial charge in [-0.15, -0.1) is 0 Å². The molecule has 9 nitrogen and oxygen atoms in total. The van der Waals surface area contributed by atoms with Crippen LogP contribution >= 0.6 is 15.2 Å². The topological polar surface area (TPSA) is 143 Å². The highest BCUT2D eigenvalue weighted by atomic mass is 31.2. The van der Waals surface area contributed by atoms with E-state index in [1.54, 1.807) is 0 Å². The maximum atomic E-state index is 10.7. The van der Waals surface area contributed by atoms with E-state index in [4.69, 9.17) is 24.3 Å². The number of hydrogen-bond donors (Lipinski definition) is 4. The zero-order valence-electron chi connectivity index (χ0n) is 9.29. The molecule has 2 unspecified atom stereocenters. The summed E-state index contributed by atoms with van der Waals surface area (Å²) in [6, 6.07) is 0. The summed E-state index contributed by atoms with van der Waals surface area (Å²) in [5.74, 6) is 0. The van der Waals surface area contributed by atoms with E-state index in [1.807, 2.05) is 0 Å². The lowest BCUT2D eigenvalue weighted by Gasteiger charge is -2.23. The van der Waals surface area contributed by atoms with Gasteiger partial charge in [-0.05, 0) is 0 Å². The lowest BCUT2D eigenvalue weighted by atomic mass is 10.7. The Morgan fingerprint density at radius 1 is 0.882 bits per heavy atom. The van der Waals surface area contributed by atoms with Gasteiger partial charge in [0.25, 0.3) is 0 Å². The molecule has 0 spiro atoms. The summed E-state index contributed by atoms with van der Waals surface area (Å²) >= 11 is 0. The molecule has 4 N–H and O–H groups in total. The Hall–Kier alpha value is 0.180. The van der Waals surface area contributed by atoms with Crippen molar-refractivity contribution in [3.8, 4) is 0 Å². The molecule has 0 aliphatic rings. The molecule has 0 saturated heterocycles. The van der Waals surface area contributed by atoms with Crippen LogP contribution in [-0.4, -0.2) is 58.7 Å². The van der Waals surface area contributed by atoms with Crippen molar-refractivity contribution in [1.82, 2.24) is 0 Å². The molecule has 0 aromatic carbocycles. The van der Waals surface area contributed by atoms with E-state index in [1.165, 1.54) is 0 Å². The third-order valence-corrected chi connectivity index (χ3v) is 3.15. The van der Waals surface area contributed by atoms with Crippen LogP contribution in [0.4, 0.5) is 0 Å². The first-order chi connectivity index (χ1) is 7.57. The molecule has 0 aromatic rings. The molecule has 0 fully saturated rings. The van der Waals surface area contributed by atoms with Gasteiger partial charge in [0.15, 0.2) is 12.6 Å². The second kappa shape index (κ2) is 6.94. The van der Waals surface area contributed by atoms with Crippen molar-refractivity contribution >= 4 is 15.2 Å². The van der Waals surface area contributed by atoms with Crippen molar-refractivity contribution < 1.29 is 42.9 Å². The summed E-state index contributed by atoms with van der Waals surface area (Å²) in [7, 11) is -6.42. The third kappa shape index (κ3) is 9.84. The predicted molar refractivity (Wildman–Crippen MR) is 56.5 cm³/mol. The standard InChI is InChI=1S/C6H16O9P2/c1-13-5(3-16(7,8)9)15-6(14-2)4-17(10,11)12/h5-6H,3-4H2,1-2H3,(H2,7,8,9)(H2,10,11,12). The van der Waals surface area contributed by atoms with E-state index in [9.17, 15) is 9.13 Å². The van der Waals surface area contributed by atoms with Crippen LogP contribution in [0, 0.1) is 0 Å². The first-order valence-electron chi connectivity index (χ1n) is 4.37. The summed E-state index contributed by atoms with van der Waals surface area (Å²) in [5.41, 5.74) is 0. The zero-order chi connectivity index (χ0) is 13.7. The van der Waals surface area contributed by atoms with Crippen LogP contribution in [0.25, 0.3) is 0 Å². The molecule has 104 valence electrons. The van der Waals surface area contributed by atoms with Crippen LogP contribution in [-0.2, 0) is 23.3 Å². The van der Waals surface area contributed by atoms with Crippen LogP contribution in [0.1, 0.15) is 0 Å². The SMILES string of the molecule is COC(CP(=O)(O)O)OC(CP(=O)(O)O)OC. The van der Waals surface area contributed by atoms with Gasteiger partial charge in [0.1, 0.15) is 12.3 Å². The van der Waals surface area contributed by atoms with Crippen LogP contribution in [0.15, 0.2) is 0 Å². The molecule has 0 aliphatic carbocycles. The van der Waals surface area contributed by atoms with Crippen molar-refractivity contribution in [3.63, 3.8) is 0 Å². The average Bonchev–Trinajstić information content (AvgIpc) is 2.11. The normalized spacial score (nSPS) is 16.8. The highest BCUT2D eigenvalue weighted by Gasteiger charge is 2.28. The number of ether oxygens (including phenoxy) is 3. The maximum Gasteiger partial charge on any atom is 0.330 e. The minimum Gasteiger partial charge on any atom is -0.355 e. The molecule has 2 atom stereocenters. The van der Waals surface area contributed by atoms with Crippen molar-refractivity contribution in [2.45, 2.75) is 12.6 Å². The first kappa shape index (κ1) is 17.2. The Morgan fingerprint density at radius 2 is 1.18 bits per heavy atom. The van der Waals surface area contributed by atoms with Crippen LogP contribution in [0.5, 0.6) is 0 Å². The molecule has 0 heterocycles. The minimum absolute atomic E-state index is 0.732. The van der Waals surface area contributed by atoms with Gasteiger partial charge in [0.05, 0.1) is 0 Å². The van der Waals surface area contributed by atoms with Gasteiger partial charge in [-0.25, -0.2) is 0 Å². The monoisotopic (exact) mass is 294 g/mol. The van der Waals surface area contributed by atoms with E-state index < -0.39 is 40.1 Å². The molecule has 17 heavy (non-hydrogen) atoms. The van der Waals surface area contributed by atoms with E-state index in [0.717, 1.165) is 14.2 Å². The van der Waals surface area contributed by atoms with E-state index in [2.05, 4.69) is 9.47 Å². The fraction of sp³-hybridized carbons (Fsp3) is 1.00. The Bertz CT molecular complexity index is 277. The molecular weight excluding hydrogens is 278 g/mol. The van der Waals surface area contributed by atoms with Gasteiger partial charge in [-0.1, -0.05) is 0 Å². The van der Waals surface area contributed by atoms with Gasteiger partial charge < -0.3 is 33.8 Å². The lowest BCUT2D eigenvalue weighted by molar-refractivity contribution is -0.212. The summed E-state index contributed by atoms with van der Waals surface area (Å²) in [5, 5.41) is 0. The largest absolute Gasteiger partial charge is 0.355 e. The lowest BCUT2D eigenvalue weighted by Crippen LogP contribution is -2.30. The number of methoxy groups -OCH3 is 2. The summed E-state index contributed by atoms with van der Waals surface area (Å²) in [6.07, 6.45) is -4.09. The smallest absolute Gasteiger partial charge is 0.330 e. The summed E-state index contributed by atoms with van der Waals surface area (Å²) < 4.78 is 35.5. The van der Waals surface area contributed by atoms with Crippen LogP contribution in [0.2, 0.25) is 0 Å². The highest BCUT2D eigenvalue weighted by molar-refractivity contribution is 7.52. The third-order valence-electron chi connectivity index (χ3n) is 1.60. The average molecular weight is 294 g/mol. The molecule has 0 rings (SSSR count). The van der Waals surface area contributed by atoms with Crippen molar-refractivity contribution in [2.75, 3.05) is 26.5 Å². The fourth-order valence-electron chi connectivity index (χ4n) is 0.904. The quantitative estimate of drug-likeness (QED) is 0.337. The highest BCUT2D eigenvalue weighted by Crippen LogP contribution is 2.38. The second-order valence-corrected chi connectivity index (χ2v) is 6.55. The number of rotatable bonds is 8. The molecule has 0 aromatic heterocycles. The van der Waals surface area contributed by atoms with Crippen molar-refractivity contribution in [1.29, 1.82) is 0 Å². The molecule has 0 aliphatic heterocycles. The second-order valence-electron chi connectivity index (χ2n) is 3.16. The van der Waals surface area contributed by atoms with Crippen LogP contribution in [0.3, 0.4) is 0 Å². The van der Waals surface area contributed by atoms with Gasteiger partial charge in [0, 0.05) is 14.2 Å². The Balaban J connectivity index is 4.42. The summed E-state index contributed by atoms with van der Waals surface area (Å²) in [6.45, 7) is 0. The Labute approximate surface area is 98.0 Å². The summed E-state index contributed by atoms with van der Waals surface area (Å²) in [4.78, 5) is 34.8. The first-order valence-corrected chi connectivity index (χ1v) is 7.97. The Morgan fingerprint density at radius 3 is 1.35 bits per heavy atom. The van der Waals surface area contributed by atoms with E-state index >= 15 is 0 Å². The predicted octanol–water partition coefficient (Wildman–Crippen LogP) is -0.697. The van der Waals surface area contributed by atoms with Gasteiger partial charge in [-0.3, -0.25) is 9.13 Å². The molecule has 0 bridgehead atoms. The molecule has 0 saturated carbocycles. The molecular formula is C6H16O9P2. The van der Waals surface area contributed by atoms with Crippen molar-refractivity contribution in [3.05, 3.63) is 0 Å². The number of hydrogen-bond acceptors (Lipinski definition) is 5. The zero-order valence-corrected chi connectivity index (χ0v) is 11.1. The van der Waals surface area contributed by atoms with Crippen molar-refractivity contribution in [2.24, 2.45) is 0 Å².